The molecule has 1 amide bonds. The first-order valence-electron chi connectivity index (χ1n) is 8.73. The van der Waals surface area contributed by atoms with Crippen LogP contribution in [0, 0.1) is 0 Å². The Morgan fingerprint density at radius 1 is 1.07 bits per heavy atom. The number of aromatic nitrogens is 2. The summed E-state index contributed by atoms with van der Waals surface area (Å²) in [4.78, 5) is 36.0. The van der Waals surface area contributed by atoms with Gasteiger partial charge in [-0.25, -0.2) is 4.68 Å². The first kappa shape index (κ1) is 20.9. The van der Waals surface area contributed by atoms with Crippen LogP contribution in [-0.2, 0) is 11.0 Å². The number of H-pyrrole nitrogens is 1. The molecule has 0 bridgehead atoms. The van der Waals surface area contributed by atoms with Gasteiger partial charge in [0, 0.05) is 6.07 Å². The molecule has 30 heavy (non-hydrogen) atoms. The molecule has 7 nitrogen and oxygen atoms in total. The van der Waals surface area contributed by atoms with Crippen molar-refractivity contribution in [1.82, 2.24) is 15.1 Å². The van der Waals surface area contributed by atoms with Crippen molar-refractivity contribution in [2.75, 3.05) is 0 Å². The van der Waals surface area contributed by atoms with Gasteiger partial charge >= 0.3 is 12.1 Å². The first-order chi connectivity index (χ1) is 14.2. The van der Waals surface area contributed by atoms with Crippen molar-refractivity contribution in [3.63, 3.8) is 0 Å². The topological polar surface area (TPSA) is 104 Å². The lowest BCUT2D eigenvalue weighted by Crippen LogP contribution is -2.32. The molecule has 0 unspecified atom stereocenters. The lowest BCUT2D eigenvalue weighted by molar-refractivity contribution is -0.140. The number of carboxylic acids is 1. The molecule has 0 radical (unpaired) electrons. The minimum absolute atomic E-state index is 0.219. The summed E-state index contributed by atoms with van der Waals surface area (Å²) in [6.45, 7) is 0. The van der Waals surface area contributed by atoms with E-state index in [4.69, 9.17) is 5.11 Å². The van der Waals surface area contributed by atoms with Gasteiger partial charge in [-0.2, -0.15) is 13.2 Å². The van der Waals surface area contributed by atoms with Crippen LogP contribution in [0.15, 0.2) is 65.5 Å². The van der Waals surface area contributed by atoms with Gasteiger partial charge in [0.25, 0.3) is 11.5 Å². The third-order valence-corrected chi connectivity index (χ3v) is 4.31. The van der Waals surface area contributed by atoms with Gasteiger partial charge in [0.05, 0.1) is 23.7 Å². The van der Waals surface area contributed by atoms with Gasteiger partial charge in [0.2, 0.25) is 0 Å². The van der Waals surface area contributed by atoms with Crippen LogP contribution >= 0.6 is 0 Å². The van der Waals surface area contributed by atoms with Crippen LogP contribution in [0.3, 0.4) is 0 Å². The number of carbonyl (C=O) groups excluding carboxylic acids is 1. The van der Waals surface area contributed by atoms with E-state index in [2.05, 4.69) is 10.4 Å². The highest BCUT2D eigenvalue weighted by Gasteiger charge is 2.36. The van der Waals surface area contributed by atoms with Crippen molar-refractivity contribution in [1.29, 1.82) is 0 Å². The number of aliphatic carboxylic acids is 1. The number of aromatic amines is 1. The Morgan fingerprint density at radius 3 is 2.33 bits per heavy atom. The van der Waals surface area contributed by atoms with E-state index in [0.29, 0.717) is 5.69 Å². The molecular formula is C20H16F3N3O4. The van der Waals surface area contributed by atoms with Gasteiger partial charge in [-0.15, -0.1) is 0 Å². The number of carboxylic acid groups (broad SMARTS) is 1. The quantitative estimate of drug-likeness (QED) is 0.571. The van der Waals surface area contributed by atoms with Crippen molar-refractivity contribution >= 4 is 11.9 Å². The van der Waals surface area contributed by atoms with E-state index in [1.807, 2.05) is 0 Å². The number of carbonyl (C=O) groups is 2. The number of hydrogen-bond acceptors (Lipinski definition) is 3. The number of para-hydroxylation sites is 1. The Kier molecular flexibility index (Phi) is 5.77. The van der Waals surface area contributed by atoms with Gasteiger partial charge in [-0.1, -0.05) is 36.4 Å². The maximum Gasteiger partial charge on any atom is 0.416 e. The Labute approximate surface area is 167 Å². The largest absolute Gasteiger partial charge is 0.481 e. The molecule has 3 aromatic rings. The maximum absolute atomic E-state index is 13.3. The first-order valence-corrected chi connectivity index (χ1v) is 8.73. The summed E-state index contributed by atoms with van der Waals surface area (Å²) in [6.07, 6.45) is -5.51. The molecule has 3 N–H and O–H groups in total. The van der Waals surface area contributed by atoms with Crippen LogP contribution in [0.25, 0.3) is 5.69 Å². The van der Waals surface area contributed by atoms with E-state index < -0.39 is 41.6 Å². The molecule has 1 aromatic heterocycles. The summed E-state index contributed by atoms with van der Waals surface area (Å²) in [5.74, 6) is -2.31. The van der Waals surface area contributed by atoms with Gasteiger partial charge in [0.15, 0.2) is 0 Å². The smallest absolute Gasteiger partial charge is 0.416 e. The molecule has 0 saturated carbocycles. The van der Waals surface area contributed by atoms with Crippen molar-refractivity contribution in [2.45, 2.75) is 18.6 Å². The third-order valence-electron chi connectivity index (χ3n) is 4.31. The second-order valence-electron chi connectivity index (χ2n) is 6.39. The summed E-state index contributed by atoms with van der Waals surface area (Å²) in [6, 6.07) is 12.3. The number of hydrogen-bond donors (Lipinski definition) is 3. The predicted molar refractivity (Wildman–Crippen MR) is 100 cm³/mol. The van der Waals surface area contributed by atoms with Crippen LogP contribution in [0.1, 0.15) is 34.1 Å². The zero-order chi connectivity index (χ0) is 21.9. The zero-order valence-corrected chi connectivity index (χ0v) is 15.3. The standard InChI is InChI=1S/C20H16F3N3O4/c21-20(22,23)14-9-5-4-8-13(14)15(11-18(28)29)24-19(30)16-10-17(27)26(25-16)12-6-2-1-3-7-12/h1-10,15,25H,11H2,(H,24,30)(H,28,29)/t15-/m0/s1. The number of amides is 1. The normalized spacial score (nSPS) is 12.4. The van der Waals surface area contributed by atoms with Gasteiger partial charge < -0.3 is 10.4 Å². The highest BCUT2D eigenvalue weighted by atomic mass is 19.4. The molecule has 10 heteroatoms. The average molecular weight is 419 g/mol. The average Bonchev–Trinajstić information content (AvgIpc) is 3.09. The van der Waals surface area contributed by atoms with E-state index in [9.17, 15) is 27.6 Å². The van der Waals surface area contributed by atoms with Gasteiger partial charge in [-0.05, 0) is 23.8 Å². The zero-order valence-electron chi connectivity index (χ0n) is 15.3. The van der Waals surface area contributed by atoms with E-state index in [0.717, 1.165) is 22.9 Å². The summed E-state index contributed by atoms with van der Waals surface area (Å²) >= 11 is 0. The van der Waals surface area contributed by atoms with Crippen molar-refractivity contribution < 1.29 is 27.9 Å². The highest BCUT2D eigenvalue weighted by molar-refractivity contribution is 5.92. The van der Waals surface area contributed by atoms with Crippen LogP contribution in [0.4, 0.5) is 13.2 Å². The Balaban J connectivity index is 1.93. The van der Waals surface area contributed by atoms with Crippen LogP contribution in [-0.4, -0.2) is 26.8 Å². The Bertz CT molecular complexity index is 1120. The van der Waals surface area contributed by atoms with Crippen molar-refractivity contribution in [3.05, 3.63) is 87.8 Å². The summed E-state index contributed by atoms with van der Waals surface area (Å²) < 4.78 is 41.1. The predicted octanol–water partition coefficient (Wildman–Crippen LogP) is 3.13. The number of halogens is 3. The molecule has 1 heterocycles. The fourth-order valence-electron chi connectivity index (χ4n) is 2.99. The molecule has 0 aliphatic carbocycles. The second-order valence-corrected chi connectivity index (χ2v) is 6.39. The molecule has 0 spiro atoms. The number of alkyl halides is 3. The minimum atomic E-state index is -4.73. The molecule has 156 valence electrons. The van der Waals surface area contributed by atoms with Crippen molar-refractivity contribution in [2.24, 2.45) is 0 Å². The SMILES string of the molecule is O=C(O)C[C@H](NC(=O)c1cc(=O)n(-c2ccccc2)[nH]1)c1ccccc1C(F)(F)F. The van der Waals surface area contributed by atoms with Crippen LogP contribution in [0.2, 0.25) is 0 Å². The molecule has 0 aliphatic rings. The molecule has 0 saturated heterocycles. The molecular weight excluding hydrogens is 403 g/mol. The van der Waals surface area contributed by atoms with E-state index in [1.54, 1.807) is 30.3 Å². The molecule has 0 aliphatic heterocycles. The second kappa shape index (κ2) is 8.27. The lowest BCUT2D eigenvalue weighted by atomic mass is 9.97. The van der Waals surface area contributed by atoms with Crippen LogP contribution in [0.5, 0.6) is 0 Å². The van der Waals surface area contributed by atoms with Gasteiger partial charge in [0.1, 0.15) is 5.69 Å². The minimum Gasteiger partial charge on any atom is -0.481 e. The molecule has 1 atom stereocenters. The maximum atomic E-state index is 13.3. The number of nitrogens with zero attached hydrogens (tertiary/aromatic N) is 1. The Hall–Kier alpha value is -3.82. The molecule has 0 fully saturated rings. The van der Waals surface area contributed by atoms with E-state index in [1.165, 1.54) is 12.1 Å². The number of benzene rings is 2. The van der Waals surface area contributed by atoms with E-state index in [-0.39, 0.29) is 11.3 Å². The monoisotopic (exact) mass is 419 g/mol. The van der Waals surface area contributed by atoms with Crippen LogP contribution < -0.4 is 10.9 Å². The third kappa shape index (κ3) is 4.59. The summed E-state index contributed by atoms with van der Waals surface area (Å²) in [7, 11) is 0. The highest BCUT2D eigenvalue weighted by Crippen LogP contribution is 2.35. The molecule has 2 aromatic carbocycles. The Morgan fingerprint density at radius 2 is 1.70 bits per heavy atom. The lowest BCUT2D eigenvalue weighted by Gasteiger charge is -2.21. The summed E-state index contributed by atoms with van der Waals surface area (Å²) in [5.41, 5.74) is -1.76. The van der Waals surface area contributed by atoms with E-state index >= 15 is 0 Å². The van der Waals surface area contributed by atoms with Crippen molar-refractivity contribution in [3.8, 4) is 5.69 Å². The number of rotatable bonds is 6. The fraction of sp³-hybridized carbons (Fsp3) is 0.150. The number of nitrogens with one attached hydrogen (secondary N) is 2. The summed E-state index contributed by atoms with van der Waals surface area (Å²) in [5, 5.41) is 14.0. The fourth-order valence-corrected chi connectivity index (χ4v) is 2.99. The van der Waals surface area contributed by atoms with Gasteiger partial charge in [-0.3, -0.25) is 19.5 Å². The molecule has 3 rings (SSSR count).